The molecule has 1 rings (SSSR count). The molecule has 18 heavy (non-hydrogen) atoms. The molecule has 0 spiro atoms. The van der Waals surface area contributed by atoms with E-state index in [4.69, 9.17) is 4.74 Å². The number of carbonyl (C=O) groups is 2. The molecule has 1 fully saturated rings. The minimum Gasteiger partial charge on any atom is -0.378 e. The van der Waals surface area contributed by atoms with Gasteiger partial charge in [0.1, 0.15) is 0 Å². The van der Waals surface area contributed by atoms with Gasteiger partial charge in [0.05, 0.1) is 13.2 Å². The Hall–Kier alpha value is -1.30. The molecule has 0 radical (unpaired) electrons. The standard InChI is InChI=1S/C12H23N3O3/c1-2-3-5-13-12(17)14-6-4-11(16)15-7-9-18-10-8-15/h2-10H2,1H3,(H2,13,14,17). The van der Waals surface area contributed by atoms with Gasteiger partial charge in [-0.2, -0.15) is 0 Å². The van der Waals surface area contributed by atoms with Crippen molar-refractivity contribution in [2.75, 3.05) is 39.4 Å². The van der Waals surface area contributed by atoms with Gasteiger partial charge in [-0.1, -0.05) is 13.3 Å². The molecule has 104 valence electrons. The lowest BCUT2D eigenvalue weighted by molar-refractivity contribution is -0.135. The van der Waals surface area contributed by atoms with Gasteiger partial charge in [-0.15, -0.1) is 0 Å². The predicted octanol–water partition coefficient (Wildman–Crippen LogP) is 0.335. The molecule has 1 saturated heterocycles. The summed E-state index contributed by atoms with van der Waals surface area (Å²) in [6.45, 7) is 5.66. The molecule has 0 unspecified atom stereocenters. The van der Waals surface area contributed by atoms with Crippen molar-refractivity contribution >= 4 is 11.9 Å². The highest BCUT2D eigenvalue weighted by Crippen LogP contribution is 1.99. The first-order chi connectivity index (χ1) is 8.74. The number of urea groups is 1. The molecule has 6 heteroatoms. The monoisotopic (exact) mass is 257 g/mol. The lowest BCUT2D eigenvalue weighted by Crippen LogP contribution is -2.43. The second-order valence-electron chi connectivity index (χ2n) is 4.28. The van der Waals surface area contributed by atoms with Crippen LogP contribution in [0.3, 0.4) is 0 Å². The number of hydrogen-bond acceptors (Lipinski definition) is 3. The first-order valence-corrected chi connectivity index (χ1v) is 6.61. The van der Waals surface area contributed by atoms with Crippen molar-refractivity contribution < 1.29 is 14.3 Å². The maximum atomic E-state index is 11.7. The van der Waals surface area contributed by atoms with Crippen LogP contribution in [0.15, 0.2) is 0 Å². The molecule has 1 aliphatic heterocycles. The Kier molecular flexibility index (Phi) is 7.17. The maximum absolute atomic E-state index is 11.7. The van der Waals surface area contributed by atoms with Gasteiger partial charge in [-0.25, -0.2) is 4.79 Å². The van der Waals surface area contributed by atoms with E-state index in [0.29, 0.717) is 45.8 Å². The van der Waals surface area contributed by atoms with E-state index in [1.54, 1.807) is 4.90 Å². The van der Waals surface area contributed by atoms with Crippen molar-refractivity contribution in [3.63, 3.8) is 0 Å². The highest BCUT2D eigenvalue weighted by atomic mass is 16.5. The van der Waals surface area contributed by atoms with E-state index in [2.05, 4.69) is 17.6 Å². The molecule has 6 nitrogen and oxygen atoms in total. The molecule has 0 aromatic rings. The molecule has 0 aromatic carbocycles. The summed E-state index contributed by atoms with van der Waals surface area (Å²) in [4.78, 5) is 24.8. The molecule has 0 atom stereocenters. The van der Waals surface area contributed by atoms with Gasteiger partial charge < -0.3 is 20.3 Å². The van der Waals surface area contributed by atoms with Crippen LogP contribution >= 0.6 is 0 Å². The van der Waals surface area contributed by atoms with E-state index in [-0.39, 0.29) is 11.9 Å². The van der Waals surface area contributed by atoms with Crippen molar-refractivity contribution in [1.82, 2.24) is 15.5 Å². The number of ether oxygens (including phenoxy) is 1. The number of morpholine rings is 1. The highest BCUT2D eigenvalue weighted by Gasteiger charge is 2.16. The predicted molar refractivity (Wildman–Crippen MR) is 68.3 cm³/mol. The van der Waals surface area contributed by atoms with Crippen LogP contribution in [0.2, 0.25) is 0 Å². The summed E-state index contributed by atoms with van der Waals surface area (Å²) in [5, 5.41) is 5.42. The molecular formula is C12H23N3O3. The van der Waals surface area contributed by atoms with Crippen LogP contribution in [0.25, 0.3) is 0 Å². The van der Waals surface area contributed by atoms with Crippen LogP contribution in [0, 0.1) is 0 Å². The van der Waals surface area contributed by atoms with Crippen molar-refractivity contribution in [3.8, 4) is 0 Å². The number of nitrogens with one attached hydrogen (secondary N) is 2. The summed E-state index contributed by atoms with van der Waals surface area (Å²) in [7, 11) is 0. The quantitative estimate of drug-likeness (QED) is 0.674. The third-order valence-electron chi connectivity index (χ3n) is 2.80. The average molecular weight is 257 g/mol. The molecular weight excluding hydrogens is 234 g/mol. The normalized spacial score (nSPS) is 15.3. The molecule has 3 amide bonds. The average Bonchev–Trinajstić information content (AvgIpc) is 2.40. The van der Waals surface area contributed by atoms with E-state index in [0.717, 1.165) is 12.8 Å². The Bertz CT molecular complexity index is 265. The third-order valence-corrected chi connectivity index (χ3v) is 2.80. The molecule has 0 aromatic heterocycles. The summed E-state index contributed by atoms with van der Waals surface area (Å²) >= 11 is 0. The number of hydrogen-bond donors (Lipinski definition) is 2. The second kappa shape index (κ2) is 8.74. The Morgan fingerprint density at radius 2 is 1.83 bits per heavy atom. The van der Waals surface area contributed by atoms with Crippen molar-refractivity contribution in [2.24, 2.45) is 0 Å². The van der Waals surface area contributed by atoms with Gasteiger partial charge in [0.15, 0.2) is 0 Å². The van der Waals surface area contributed by atoms with Crippen LogP contribution < -0.4 is 10.6 Å². The van der Waals surface area contributed by atoms with Crippen LogP contribution in [-0.4, -0.2) is 56.2 Å². The number of unbranched alkanes of at least 4 members (excludes halogenated alkanes) is 1. The van der Waals surface area contributed by atoms with E-state index >= 15 is 0 Å². The van der Waals surface area contributed by atoms with Gasteiger partial charge >= 0.3 is 6.03 Å². The van der Waals surface area contributed by atoms with Crippen LogP contribution in [-0.2, 0) is 9.53 Å². The molecule has 1 aliphatic rings. The van der Waals surface area contributed by atoms with Gasteiger partial charge in [-0.05, 0) is 6.42 Å². The zero-order chi connectivity index (χ0) is 13.2. The number of nitrogens with zero attached hydrogens (tertiary/aromatic N) is 1. The summed E-state index contributed by atoms with van der Waals surface area (Å²) in [5.41, 5.74) is 0. The van der Waals surface area contributed by atoms with Crippen LogP contribution in [0.5, 0.6) is 0 Å². The molecule has 2 N–H and O–H groups in total. The Balaban J connectivity index is 2.05. The van der Waals surface area contributed by atoms with Gasteiger partial charge in [0, 0.05) is 32.6 Å². The summed E-state index contributed by atoms with van der Waals surface area (Å²) < 4.78 is 5.17. The Morgan fingerprint density at radius 3 is 2.50 bits per heavy atom. The van der Waals surface area contributed by atoms with Crippen molar-refractivity contribution in [2.45, 2.75) is 26.2 Å². The first-order valence-electron chi connectivity index (χ1n) is 6.61. The Morgan fingerprint density at radius 1 is 1.17 bits per heavy atom. The SMILES string of the molecule is CCCCNC(=O)NCCC(=O)N1CCOCC1. The zero-order valence-electron chi connectivity index (χ0n) is 11.0. The number of amides is 3. The van der Waals surface area contributed by atoms with E-state index < -0.39 is 0 Å². The third kappa shape index (κ3) is 5.86. The smallest absolute Gasteiger partial charge is 0.314 e. The largest absolute Gasteiger partial charge is 0.378 e. The summed E-state index contributed by atoms with van der Waals surface area (Å²) in [5.74, 6) is 0.0761. The fraction of sp³-hybridized carbons (Fsp3) is 0.833. The van der Waals surface area contributed by atoms with Gasteiger partial charge in [-0.3, -0.25) is 4.79 Å². The van der Waals surface area contributed by atoms with Crippen molar-refractivity contribution in [1.29, 1.82) is 0 Å². The molecule has 1 heterocycles. The Labute approximate surface area is 108 Å². The fourth-order valence-electron chi connectivity index (χ4n) is 1.70. The van der Waals surface area contributed by atoms with Crippen LogP contribution in [0.4, 0.5) is 4.79 Å². The molecule has 0 saturated carbocycles. The maximum Gasteiger partial charge on any atom is 0.314 e. The highest BCUT2D eigenvalue weighted by molar-refractivity contribution is 5.78. The lowest BCUT2D eigenvalue weighted by Gasteiger charge is -2.26. The summed E-state index contributed by atoms with van der Waals surface area (Å²) in [6.07, 6.45) is 2.37. The number of carbonyl (C=O) groups excluding carboxylic acids is 2. The number of rotatable bonds is 6. The topological polar surface area (TPSA) is 70.7 Å². The van der Waals surface area contributed by atoms with Crippen LogP contribution in [0.1, 0.15) is 26.2 Å². The fourth-order valence-corrected chi connectivity index (χ4v) is 1.70. The lowest BCUT2D eigenvalue weighted by atomic mass is 10.3. The van der Waals surface area contributed by atoms with E-state index in [9.17, 15) is 9.59 Å². The molecule has 0 aliphatic carbocycles. The summed E-state index contributed by atoms with van der Waals surface area (Å²) in [6, 6.07) is -0.196. The minimum atomic E-state index is -0.196. The first kappa shape index (κ1) is 14.8. The van der Waals surface area contributed by atoms with E-state index in [1.807, 2.05) is 0 Å². The minimum absolute atomic E-state index is 0.0761. The van der Waals surface area contributed by atoms with E-state index in [1.165, 1.54) is 0 Å². The second-order valence-corrected chi connectivity index (χ2v) is 4.28. The molecule has 0 bridgehead atoms. The zero-order valence-corrected chi connectivity index (χ0v) is 11.0. The van der Waals surface area contributed by atoms with Gasteiger partial charge in [0.25, 0.3) is 0 Å². The van der Waals surface area contributed by atoms with Crippen molar-refractivity contribution in [3.05, 3.63) is 0 Å². The van der Waals surface area contributed by atoms with Gasteiger partial charge in [0.2, 0.25) is 5.91 Å².